The minimum Gasteiger partial charge on any atom is -0.362 e. The van der Waals surface area contributed by atoms with E-state index in [-0.39, 0.29) is 0 Å². The van der Waals surface area contributed by atoms with Gasteiger partial charge in [-0.05, 0) is 49.9 Å². The van der Waals surface area contributed by atoms with Gasteiger partial charge in [-0.15, -0.1) is 0 Å². The second-order valence-corrected chi connectivity index (χ2v) is 8.12. The fourth-order valence-electron chi connectivity index (χ4n) is 4.24. The number of thioether (sulfide) groups is 1. The van der Waals surface area contributed by atoms with Crippen molar-refractivity contribution < 1.29 is 0 Å². The molecule has 19 heavy (non-hydrogen) atoms. The molecule has 4 atom stereocenters. The van der Waals surface area contributed by atoms with Crippen molar-refractivity contribution in [3.63, 3.8) is 0 Å². The summed E-state index contributed by atoms with van der Waals surface area (Å²) >= 11 is 1.98. The van der Waals surface area contributed by atoms with E-state index in [1.807, 2.05) is 11.8 Å². The van der Waals surface area contributed by atoms with Crippen LogP contribution in [-0.2, 0) is 0 Å². The third kappa shape index (κ3) is 3.48. The molecule has 4 unspecified atom stereocenters. The molecule has 2 saturated carbocycles. The van der Waals surface area contributed by atoms with Crippen molar-refractivity contribution in [2.75, 3.05) is 5.75 Å². The van der Waals surface area contributed by atoms with Gasteiger partial charge in [-0.1, -0.05) is 38.5 Å². The molecule has 0 radical (unpaired) electrons. The fourth-order valence-corrected chi connectivity index (χ4v) is 5.47. The largest absolute Gasteiger partial charge is 0.362 e. The first-order chi connectivity index (χ1) is 9.20. The van der Waals surface area contributed by atoms with E-state index < -0.39 is 0 Å². The Balaban J connectivity index is 1.58. The Kier molecular flexibility index (Phi) is 4.40. The van der Waals surface area contributed by atoms with E-state index in [2.05, 4.69) is 19.2 Å². The minimum absolute atomic E-state index is 0.635. The topological polar surface area (TPSA) is 24.4 Å². The van der Waals surface area contributed by atoms with Crippen LogP contribution < -0.4 is 5.32 Å². The van der Waals surface area contributed by atoms with Gasteiger partial charge in [0.1, 0.15) is 0 Å². The number of rotatable bonds is 1. The van der Waals surface area contributed by atoms with Gasteiger partial charge in [0.05, 0.1) is 6.04 Å². The van der Waals surface area contributed by atoms with Crippen molar-refractivity contribution in [2.45, 2.75) is 70.9 Å². The Morgan fingerprint density at radius 3 is 2.58 bits per heavy atom. The molecule has 3 aliphatic rings. The number of nitrogens with one attached hydrogen (secondary N) is 1. The smallest absolute Gasteiger partial charge is 0.157 e. The maximum atomic E-state index is 5.02. The molecular formula is C16H28N2S. The molecule has 108 valence electrons. The van der Waals surface area contributed by atoms with Crippen LogP contribution >= 0.6 is 11.8 Å². The monoisotopic (exact) mass is 280 g/mol. The highest BCUT2D eigenvalue weighted by Crippen LogP contribution is 2.34. The first-order valence-corrected chi connectivity index (χ1v) is 9.16. The molecule has 0 aromatic carbocycles. The first kappa shape index (κ1) is 13.8. The maximum absolute atomic E-state index is 5.02. The van der Waals surface area contributed by atoms with Crippen LogP contribution in [0.3, 0.4) is 0 Å². The summed E-state index contributed by atoms with van der Waals surface area (Å²) in [5.74, 6) is 3.91. The molecule has 3 rings (SSSR count). The molecule has 0 amide bonds. The summed E-state index contributed by atoms with van der Waals surface area (Å²) < 4.78 is 0. The standard InChI is InChI=1S/C16H28N2S/c1-11-7-12(2)9-14(8-11)17-16-18-15-6-4-3-5-13(15)10-19-16/h11-15H,3-10H2,1-2H3,(H,17,18). The van der Waals surface area contributed by atoms with Gasteiger partial charge in [0, 0.05) is 11.8 Å². The van der Waals surface area contributed by atoms with Crippen LogP contribution in [0, 0.1) is 17.8 Å². The number of amidine groups is 1. The van der Waals surface area contributed by atoms with Crippen molar-refractivity contribution in [1.82, 2.24) is 5.32 Å². The maximum Gasteiger partial charge on any atom is 0.157 e. The Morgan fingerprint density at radius 2 is 1.79 bits per heavy atom. The number of hydrogen-bond acceptors (Lipinski definition) is 3. The second-order valence-electron chi connectivity index (χ2n) is 7.12. The van der Waals surface area contributed by atoms with Crippen molar-refractivity contribution in [2.24, 2.45) is 22.7 Å². The van der Waals surface area contributed by atoms with Gasteiger partial charge in [-0.25, -0.2) is 0 Å². The number of aliphatic imine (C=N–C) groups is 1. The number of hydrogen-bond donors (Lipinski definition) is 1. The summed E-state index contributed by atoms with van der Waals surface area (Å²) in [6, 6.07) is 1.31. The molecule has 0 aromatic heterocycles. The van der Waals surface area contributed by atoms with Crippen molar-refractivity contribution in [1.29, 1.82) is 0 Å². The van der Waals surface area contributed by atoms with Gasteiger partial charge in [-0.2, -0.15) is 0 Å². The van der Waals surface area contributed by atoms with Crippen LogP contribution in [0.5, 0.6) is 0 Å². The van der Waals surface area contributed by atoms with Gasteiger partial charge in [0.15, 0.2) is 5.17 Å². The molecule has 2 aliphatic carbocycles. The zero-order valence-corrected chi connectivity index (χ0v) is 13.2. The van der Waals surface area contributed by atoms with Gasteiger partial charge in [0.2, 0.25) is 0 Å². The summed E-state index contributed by atoms with van der Waals surface area (Å²) in [6.45, 7) is 4.80. The molecule has 0 aromatic rings. The van der Waals surface area contributed by atoms with Gasteiger partial charge in [0.25, 0.3) is 0 Å². The van der Waals surface area contributed by atoms with Crippen molar-refractivity contribution in [3.8, 4) is 0 Å². The van der Waals surface area contributed by atoms with Crippen molar-refractivity contribution >= 4 is 16.9 Å². The van der Waals surface area contributed by atoms with E-state index in [1.54, 1.807) is 0 Å². The predicted octanol–water partition coefficient (Wildman–Crippen LogP) is 4.06. The van der Waals surface area contributed by atoms with E-state index >= 15 is 0 Å². The molecule has 2 nitrogen and oxygen atoms in total. The average molecular weight is 280 g/mol. The molecule has 0 bridgehead atoms. The van der Waals surface area contributed by atoms with Gasteiger partial charge in [-0.3, -0.25) is 4.99 Å². The summed E-state index contributed by atoms with van der Waals surface area (Å²) in [5.41, 5.74) is 0. The molecule has 2 fully saturated rings. The summed E-state index contributed by atoms with van der Waals surface area (Å²) in [5, 5.41) is 5.02. The molecule has 3 heteroatoms. The average Bonchev–Trinajstić information content (AvgIpc) is 2.37. The molecule has 0 saturated heterocycles. The fraction of sp³-hybridized carbons (Fsp3) is 0.938. The summed E-state index contributed by atoms with van der Waals surface area (Å²) in [6.07, 6.45) is 9.62. The molecular weight excluding hydrogens is 252 g/mol. The lowest BCUT2D eigenvalue weighted by Crippen LogP contribution is -2.42. The Labute approximate surface area is 122 Å². The lowest BCUT2D eigenvalue weighted by molar-refractivity contribution is 0.256. The Morgan fingerprint density at radius 1 is 1.05 bits per heavy atom. The van der Waals surface area contributed by atoms with Crippen LogP contribution in [0.25, 0.3) is 0 Å². The normalized spacial score (nSPS) is 43.3. The summed E-state index contributed by atoms with van der Waals surface area (Å²) in [7, 11) is 0. The molecule has 1 N–H and O–H groups in total. The summed E-state index contributed by atoms with van der Waals surface area (Å²) in [4.78, 5) is 5.02. The Bertz CT molecular complexity index is 332. The van der Waals surface area contributed by atoms with E-state index in [0.29, 0.717) is 12.1 Å². The van der Waals surface area contributed by atoms with Crippen molar-refractivity contribution in [3.05, 3.63) is 0 Å². The van der Waals surface area contributed by atoms with Gasteiger partial charge >= 0.3 is 0 Å². The first-order valence-electron chi connectivity index (χ1n) is 8.18. The van der Waals surface area contributed by atoms with Gasteiger partial charge < -0.3 is 5.32 Å². The third-order valence-electron chi connectivity index (χ3n) is 5.09. The highest BCUT2D eigenvalue weighted by Gasteiger charge is 2.31. The number of nitrogens with zero attached hydrogens (tertiary/aromatic N) is 1. The van der Waals surface area contributed by atoms with E-state index in [4.69, 9.17) is 4.99 Å². The quantitative estimate of drug-likeness (QED) is 0.783. The lowest BCUT2D eigenvalue weighted by atomic mass is 9.80. The lowest BCUT2D eigenvalue weighted by Gasteiger charge is -2.36. The predicted molar refractivity (Wildman–Crippen MR) is 84.7 cm³/mol. The van der Waals surface area contributed by atoms with Crippen LogP contribution in [0.2, 0.25) is 0 Å². The third-order valence-corrected chi connectivity index (χ3v) is 6.18. The highest BCUT2D eigenvalue weighted by atomic mass is 32.2. The van der Waals surface area contributed by atoms with Crippen LogP contribution in [-0.4, -0.2) is 23.0 Å². The SMILES string of the molecule is CC1CC(C)CC(NC2=NC3CCCCC3CS2)C1. The minimum atomic E-state index is 0.635. The molecule has 1 aliphatic heterocycles. The van der Waals surface area contributed by atoms with E-state index in [1.165, 1.54) is 55.9 Å². The zero-order valence-electron chi connectivity index (χ0n) is 12.4. The Hall–Kier alpha value is -0.180. The van der Waals surface area contributed by atoms with E-state index in [0.717, 1.165) is 17.8 Å². The molecule has 0 spiro atoms. The second kappa shape index (κ2) is 6.07. The van der Waals surface area contributed by atoms with Crippen LogP contribution in [0.1, 0.15) is 58.8 Å². The van der Waals surface area contributed by atoms with Crippen LogP contribution in [0.15, 0.2) is 4.99 Å². The number of fused-ring (bicyclic) bond motifs is 1. The zero-order chi connectivity index (χ0) is 13.2. The van der Waals surface area contributed by atoms with E-state index in [9.17, 15) is 0 Å². The highest BCUT2D eigenvalue weighted by molar-refractivity contribution is 8.13. The van der Waals surface area contributed by atoms with Crippen LogP contribution in [0.4, 0.5) is 0 Å². The molecule has 1 heterocycles.